The molecule has 1 rings (SSSR count). The van der Waals surface area contributed by atoms with Gasteiger partial charge in [-0.1, -0.05) is 19.9 Å². The third-order valence-electron chi connectivity index (χ3n) is 3.00. The summed E-state index contributed by atoms with van der Waals surface area (Å²) in [6.07, 6.45) is 0.249. The lowest BCUT2D eigenvalue weighted by atomic mass is 9.95. The molecule has 0 bridgehead atoms. The van der Waals surface area contributed by atoms with E-state index in [0.717, 1.165) is 0 Å². The maximum Gasteiger partial charge on any atom is 0.237 e. The van der Waals surface area contributed by atoms with Crippen molar-refractivity contribution in [3.63, 3.8) is 0 Å². The molecule has 0 saturated heterocycles. The Hall–Kier alpha value is -1.79. The zero-order valence-electron chi connectivity index (χ0n) is 11.8. The van der Waals surface area contributed by atoms with Gasteiger partial charge in [-0.25, -0.2) is 0 Å². The van der Waals surface area contributed by atoms with Crippen LogP contribution >= 0.6 is 0 Å². The number of nitrogens with two attached hydrogens (primary N) is 1. The Morgan fingerprint density at radius 2 is 2.00 bits per heavy atom. The van der Waals surface area contributed by atoms with Gasteiger partial charge in [-0.05, 0) is 24.1 Å². The highest BCUT2D eigenvalue weighted by atomic mass is 16.3. The van der Waals surface area contributed by atoms with Crippen molar-refractivity contribution in [2.75, 3.05) is 13.2 Å². The van der Waals surface area contributed by atoms with Gasteiger partial charge in [0, 0.05) is 18.6 Å². The minimum Gasteiger partial charge on any atom is -0.504 e. The number of carbonyl (C=O) groups is 1. The smallest absolute Gasteiger partial charge is 0.237 e. The lowest BCUT2D eigenvalue weighted by Crippen LogP contribution is -2.45. The topological polar surface area (TPSA) is 116 Å². The molecule has 0 saturated carbocycles. The fraction of sp³-hybridized carbons (Fsp3) is 0.500. The fourth-order valence-electron chi connectivity index (χ4n) is 1.56. The number of amides is 1. The number of phenolic OH excluding ortho intramolecular Hbond substituents is 2. The summed E-state index contributed by atoms with van der Waals surface area (Å²) in [5, 5.41) is 30.4. The zero-order valence-corrected chi connectivity index (χ0v) is 11.8. The van der Waals surface area contributed by atoms with Crippen molar-refractivity contribution < 1.29 is 20.1 Å². The molecule has 0 heterocycles. The number of hydrogen-bond acceptors (Lipinski definition) is 5. The van der Waals surface area contributed by atoms with Crippen LogP contribution in [-0.4, -0.2) is 40.4 Å². The van der Waals surface area contributed by atoms with Crippen molar-refractivity contribution in [2.24, 2.45) is 11.1 Å². The van der Waals surface area contributed by atoms with Crippen LogP contribution in [0.3, 0.4) is 0 Å². The maximum absolute atomic E-state index is 11.8. The average molecular weight is 282 g/mol. The molecule has 1 atom stereocenters. The van der Waals surface area contributed by atoms with Crippen LogP contribution in [0, 0.1) is 5.41 Å². The molecule has 1 aromatic carbocycles. The van der Waals surface area contributed by atoms with E-state index in [1.54, 1.807) is 6.07 Å². The molecule has 112 valence electrons. The SMILES string of the molecule is CC(C)(CO)CNC(=O)[C@@H](N)Cc1ccc(O)c(O)c1. The summed E-state index contributed by atoms with van der Waals surface area (Å²) >= 11 is 0. The Morgan fingerprint density at radius 1 is 1.35 bits per heavy atom. The molecule has 0 aliphatic rings. The predicted molar refractivity (Wildman–Crippen MR) is 75.3 cm³/mol. The van der Waals surface area contributed by atoms with Gasteiger partial charge in [0.25, 0.3) is 0 Å². The molecule has 1 aromatic rings. The number of carbonyl (C=O) groups excluding carboxylic acids is 1. The summed E-state index contributed by atoms with van der Waals surface area (Å²) in [6.45, 7) is 3.96. The summed E-state index contributed by atoms with van der Waals surface area (Å²) in [4.78, 5) is 11.8. The van der Waals surface area contributed by atoms with Crippen LogP contribution in [0.25, 0.3) is 0 Å². The molecule has 0 unspecified atom stereocenters. The van der Waals surface area contributed by atoms with E-state index in [0.29, 0.717) is 12.1 Å². The van der Waals surface area contributed by atoms with Crippen molar-refractivity contribution in [1.29, 1.82) is 0 Å². The van der Waals surface area contributed by atoms with E-state index >= 15 is 0 Å². The largest absolute Gasteiger partial charge is 0.504 e. The van der Waals surface area contributed by atoms with Gasteiger partial charge in [0.2, 0.25) is 5.91 Å². The van der Waals surface area contributed by atoms with E-state index in [1.165, 1.54) is 12.1 Å². The van der Waals surface area contributed by atoms with E-state index in [1.807, 2.05) is 13.8 Å². The molecule has 6 nitrogen and oxygen atoms in total. The Balaban J connectivity index is 2.55. The molecule has 6 N–H and O–H groups in total. The van der Waals surface area contributed by atoms with Crippen LogP contribution in [0.4, 0.5) is 0 Å². The second kappa shape index (κ2) is 6.58. The molecule has 0 radical (unpaired) electrons. The van der Waals surface area contributed by atoms with Crippen LogP contribution in [0.5, 0.6) is 11.5 Å². The molecule has 0 aliphatic heterocycles. The summed E-state index contributed by atoms with van der Waals surface area (Å²) < 4.78 is 0. The number of aliphatic hydroxyl groups is 1. The fourth-order valence-corrected chi connectivity index (χ4v) is 1.56. The number of aromatic hydroxyl groups is 2. The normalized spacial score (nSPS) is 13.0. The first-order valence-electron chi connectivity index (χ1n) is 6.40. The molecule has 0 aliphatic carbocycles. The van der Waals surface area contributed by atoms with E-state index in [2.05, 4.69) is 5.32 Å². The average Bonchev–Trinajstić information content (AvgIpc) is 2.40. The number of hydrogen-bond donors (Lipinski definition) is 5. The van der Waals surface area contributed by atoms with Crippen LogP contribution in [-0.2, 0) is 11.2 Å². The molecule has 20 heavy (non-hydrogen) atoms. The van der Waals surface area contributed by atoms with Crippen LogP contribution in [0.2, 0.25) is 0 Å². The lowest BCUT2D eigenvalue weighted by Gasteiger charge is -2.23. The maximum atomic E-state index is 11.8. The molecule has 0 fully saturated rings. The summed E-state index contributed by atoms with van der Waals surface area (Å²) in [5.74, 6) is -0.771. The number of benzene rings is 1. The molecule has 6 heteroatoms. The first-order valence-corrected chi connectivity index (χ1v) is 6.40. The van der Waals surface area contributed by atoms with Gasteiger partial charge < -0.3 is 26.4 Å². The number of phenols is 2. The predicted octanol–water partition coefficient (Wildman–Crippen LogP) is 0.102. The van der Waals surface area contributed by atoms with Crippen LogP contribution in [0.15, 0.2) is 18.2 Å². The van der Waals surface area contributed by atoms with Gasteiger partial charge >= 0.3 is 0 Å². The summed E-state index contributed by atoms with van der Waals surface area (Å²) in [7, 11) is 0. The van der Waals surface area contributed by atoms with E-state index in [9.17, 15) is 15.0 Å². The second-order valence-corrected chi connectivity index (χ2v) is 5.67. The Kier molecular flexibility index (Phi) is 5.35. The van der Waals surface area contributed by atoms with Gasteiger partial charge in [0.1, 0.15) is 0 Å². The van der Waals surface area contributed by atoms with Crippen molar-refractivity contribution in [2.45, 2.75) is 26.3 Å². The summed E-state index contributed by atoms with van der Waals surface area (Å²) in [6, 6.07) is 3.57. The molecule has 1 amide bonds. The third kappa shape index (κ3) is 4.71. The monoisotopic (exact) mass is 282 g/mol. The first kappa shape index (κ1) is 16.3. The van der Waals surface area contributed by atoms with Gasteiger partial charge in [-0.2, -0.15) is 0 Å². The number of rotatable bonds is 6. The highest BCUT2D eigenvalue weighted by molar-refractivity contribution is 5.81. The van der Waals surface area contributed by atoms with Crippen molar-refractivity contribution in [3.05, 3.63) is 23.8 Å². The van der Waals surface area contributed by atoms with Gasteiger partial charge in [-0.15, -0.1) is 0 Å². The standard InChI is InChI=1S/C14H22N2O4/c1-14(2,8-17)7-16-13(20)10(15)5-9-3-4-11(18)12(19)6-9/h3-4,6,10,17-19H,5,7-8,15H2,1-2H3,(H,16,20)/t10-/m0/s1. The molecule has 0 spiro atoms. The van der Waals surface area contributed by atoms with Gasteiger partial charge in [-0.3, -0.25) is 4.79 Å². The highest BCUT2D eigenvalue weighted by Crippen LogP contribution is 2.25. The molecular formula is C14H22N2O4. The van der Waals surface area contributed by atoms with Crippen LogP contribution in [0.1, 0.15) is 19.4 Å². The molecule has 0 aromatic heterocycles. The van der Waals surface area contributed by atoms with E-state index in [-0.39, 0.29) is 30.4 Å². The Bertz CT molecular complexity index is 474. The second-order valence-electron chi connectivity index (χ2n) is 5.67. The van der Waals surface area contributed by atoms with Gasteiger partial charge in [0.15, 0.2) is 11.5 Å². The van der Waals surface area contributed by atoms with Gasteiger partial charge in [0.05, 0.1) is 6.04 Å². The summed E-state index contributed by atoms with van der Waals surface area (Å²) in [5.41, 5.74) is 6.05. The first-order chi connectivity index (χ1) is 9.25. The molecular weight excluding hydrogens is 260 g/mol. The third-order valence-corrected chi connectivity index (χ3v) is 3.00. The van der Waals surface area contributed by atoms with E-state index < -0.39 is 11.5 Å². The lowest BCUT2D eigenvalue weighted by molar-refractivity contribution is -0.122. The van der Waals surface area contributed by atoms with Crippen molar-refractivity contribution >= 4 is 5.91 Å². The number of nitrogens with one attached hydrogen (secondary N) is 1. The van der Waals surface area contributed by atoms with E-state index in [4.69, 9.17) is 10.8 Å². The quantitative estimate of drug-likeness (QED) is 0.475. The Morgan fingerprint density at radius 3 is 2.55 bits per heavy atom. The van der Waals surface area contributed by atoms with Crippen molar-refractivity contribution in [3.8, 4) is 11.5 Å². The van der Waals surface area contributed by atoms with Crippen molar-refractivity contribution in [1.82, 2.24) is 5.32 Å². The number of aliphatic hydroxyl groups excluding tert-OH is 1. The highest BCUT2D eigenvalue weighted by Gasteiger charge is 2.20. The Labute approximate surface area is 118 Å². The minimum atomic E-state index is -0.756. The zero-order chi connectivity index (χ0) is 15.3. The van der Waals surface area contributed by atoms with Crippen LogP contribution < -0.4 is 11.1 Å². The minimum absolute atomic E-state index is 0.0334.